The van der Waals surface area contributed by atoms with Crippen molar-refractivity contribution in [2.24, 2.45) is 5.73 Å². The molecule has 16 heavy (non-hydrogen) atoms. The Hall–Kier alpha value is -2.05. The lowest BCUT2D eigenvalue weighted by Gasteiger charge is -2.25. The van der Waals surface area contributed by atoms with Gasteiger partial charge in [-0.15, -0.1) is 10.2 Å². The van der Waals surface area contributed by atoms with Crippen LogP contribution in [0, 0.1) is 6.92 Å². The number of aliphatic hydroxyl groups excluding tert-OH is 1. The second-order valence-electron chi connectivity index (χ2n) is 3.79. The molecule has 1 rings (SSSR count). The molecule has 1 amide bonds. The monoisotopic (exact) mass is 226 g/mol. The van der Waals surface area contributed by atoms with Crippen LogP contribution in [0.4, 0.5) is 0 Å². The average Bonchev–Trinajstić information content (AvgIpc) is 2.63. The summed E-state index contributed by atoms with van der Waals surface area (Å²) in [6.07, 6.45) is 0.735. The van der Waals surface area contributed by atoms with Crippen molar-refractivity contribution in [2.45, 2.75) is 26.3 Å². The molecule has 7 heteroatoms. The molecule has 88 valence electrons. The molecule has 1 heterocycles. The highest BCUT2D eigenvalue weighted by atomic mass is 16.4. The number of aliphatic hydroxyl groups is 1. The van der Waals surface area contributed by atoms with Crippen molar-refractivity contribution in [3.8, 4) is 0 Å². The minimum atomic E-state index is -0.895. The molecule has 1 aromatic rings. The first-order valence-electron chi connectivity index (χ1n) is 4.60. The Morgan fingerprint density at radius 3 is 2.62 bits per heavy atom. The van der Waals surface area contributed by atoms with Gasteiger partial charge in [-0.05, 0) is 13.8 Å². The first-order chi connectivity index (χ1) is 7.36. The lowest BCUT2D eigenvalue weighted by atomic mass is 10.0. The molecule has 0 saturated heterocycles. The van der Waals surface area contributed by atoms with E-state index in [-0.39, 0.29) is 11.6 Å². The smallest absolute Gasteiger partial charge is 0.309 e. The van der Waals surface area contributed by atoms with Gasteiger partial charge < -0.3 is 20.6 Å². The summed E-state index contributed by atoms with van der Waals surface area (Å²) in [5.74, 6) is -0.389. The molecule has 7 nitrogen and oxygen atoms in total. The first-order valence-corrected chi connectivity index (χ1v) is 4.60. The van der Waals surface area contributed by atoms with Gasteiger partial charge in [0.05, 0.1) is 11.2 Å². The number of rotatable bonds is 3. The zero-order valence-electron chi connectivity index (χ0n) is 9.31. The number of nitrogens with one attached hydrogen (secondary N) is 1. The normalized spacial score (nSPS) is 12.6. The van der Waals surface area contributed by atoms with E-state index >= 15 is 0 Å². The van der Waals surface area contributed by atoms with Gasteiger partial charge in [0.15, 0.2) is 0 Å². The van der Waals surface area contributed by atoms with Crippen LogP contribution in [0.25, 0.3) is 0 Å². The minimum absolute atomic E-state index is 0.122. The number of aryl methyl sites for hydroxylation is 1. The van der Waals surface area contributed by atoms with Crippen LogP contribution >= 0.6 is 0 Å². The molecule has 0 spiro atoms. The van der Waals surface area contributed by atoms with Gasteiger partial charge in [0.2, 0.25) is 5.89 Å². The van der Waals surface area contributed by atoms with E-state index in [0.29, 0.717) is 5.89 Å². The number of nitrogens with two attached hydrogens (primary N) is 1. The number of aromatic nitrogens is 2. The number of hydrogen-bond donors (Lipinski definition) is 3. The maximum Gasteiger partial charge on any atom is 0.309 e. The predicted molar refractivity (Wildman–Crippen MR) is 55.5 cm³/mol. The first kappa shape index (κ1) is 12.0. The van der Waals surface area contributed by atoms with Gasteiger partial charge in [0.25, 0.3) is 0 Å². The van der Waals surface area contributed by atoms with Crippen molar-refractivity contribution in [3.63, 3.8) is 0 Å². The zero-order valence-corrected chi connectivity index (χ0v) is 9.31. The summed E-state index contributed by atoms with van der Waals surface area (Å²) in [5.41, 5.74) is 4.74. The molecule has 0 radical (unpaired) electrons. The third-order valence-electron chi connectivity index (χ3n) is 2.01. The van der Waals surface area contributed by atoms with Crippen molar-refractivity contribution in [1.82, 2.24) is 15.5 Å². The van der Waals surface area contributed by atoms with Crippen LogP contribution in [0.15, 0.2) is 16.4 Å². The van der Waals surface area contributed by atoms with Crippen LogP contribution in [0.5, 0.6) is 0 Å². The average molecular weight is 226 g/mol. The summed E-state index contributed by atoms with van der Waals surface area (Å²) in [4.78, 5) is 11.6. The Morgan fingerprint density at radius 2 is 2.19 bits per heavy atom. The summed E-state index contributed by atoms with van der Waals surface area (Å²) in [6.45, 7) is 4.85. The highest BCUT2D eigenvalue weighted by Crippen LogP contribution is 2.11. The van der Waals surface area contributed by atoms with Crippen LogP contribution < -0.4 is 11.1 Å². The van der Waals surface area contributed by atoms with Crippen molar-refractivity contribution in [3.05, 3.63) is 23.7 Å². The SMILES string of the molecule is Cc1nnc(C(=O)NC(C)(C)/C(N)=C/O)o1. The predicted octanol–water partition coefficient (Wildman–Crippen LogP) is 0.245. The van der Waals surface area contributed by atoms with E-state index < -0.39 is 11.4 Å². The lowest BCUT2D eigenvalue weighted by molar-refractivity contribution is 0.0886. The van der Waals surface area contributed by atoms with Gasteiger partial charge in [0, 0.05) is 6.92 Å². The third kappa shape index (κ3) is 2.50. The summed E-state index contributed by atoms with van der Waals surface area (Å²) < 4.78 is 4.95. The quantitative estimate of drug-likeness (QED) is 0.636. The van der Waals surface area contributed by atoms with Gasteiger partial charge in [-0.25, -0.2) is 0 Å². The number of nitrogens with zero attached hydrogens (tertiary/aromatic N) is 2. The maximum absolute atomic E-state index is 11.6. The number of amides is 1. The molecule has 0 atom stereocenters. The second kappa shape index (κ2) is 4.21. The van der Waals surface area contributed by atoms with Gasteiger partial charge in [-0.3, -0.25) is 4.79 Å². The number of carbonyl (C=O) groups excluding carboxylic acids is 1. The molecule has 0 saturated carbocycles. The Bertz CT molecular complexity index is 422. The fraction of sp³-hybridized carbons (Fsp3) is 0.444. The molecule has 0 aromatic carbocycles. The molecule has 1 aromatic heterocycles. The van der Waals surface area contributed by atoms with E-state index in [9.17, 15) is 4.79 Å². The molecule has 0 unspecified atom stereocenters. The summed E-state index contributed by atoms with van der Waals surface area (Å²) in [7, 11) is 0. The van der Waals surface area contributed by atoms with Gasteiger partial charge >= 0.3 is 11.8 Å². The van der Waals surface area contributed by atoms with Gasteiger partial charge in [0.1, 0.15) is 6.26 Å². The molecular formula is C9H14N4O3. The lowest BCUT2D eigenvalue weighted by Crippen LogP contribution is -2.47. The van der Waals surface area contributed by atoms with E-state index in [2.05, 4.69) is 15.5 Å². The molecule has 0 aliphatic carbocycles. The van der Waals surface area contributed by atoms with Crippen molar-refractivity contribution < 1.29 is 14.3 Å². The molecule has 0 aliphatic heterocycles. The Labute approximate surface area is 92.3 Å². The summed E-state index contributed by atoms with van der Waals surface area (Å²) in [6, 6.07) is 0. The fourth-order valence-corrected chi connectivity index (χ4v) is 0.959. The maximum atomic E-state index is 11.6. The second-order valence-corrected chi connectivity index (χ2v) is 3.79. The van der Waals surface area contributed by atoms with E-state index in [4.69, 9.17) is 15.3 Å². The molecule has 0 fully saturated rings. The number of carbonyl (C=O) groups is 1. The van der Waals surface area contributed by atoms with Crippen LogP contribution in [0.3, 0.4) is 0 Å². The molecular weight excluding hydrogens is 212 g/mol. The third-order valence-corrected chi connectivity index (χ3v) is 2.01. The zero-order chi connectivity index (χ0) is 12.3. The van der Waals surface area contributed by atoms with Crippen molar-refractivity contribution in [1.29, 1.82) is 0 Å². The standard InChI is InChI=1S/C9H14N4O3/c1-5-12-13-8(16-5)7(15)11-9(2,3)6(10)4-14/h4,14H,10H2,1-3H3,(H,11,15)/b6-4-. The Balaban J connectivity index is 2.79. The number of hydrogen-bond acceptors (Lipinski definition) is 6. The highest BCUT2D eigenvalue weighted by Gasteiger charge is 2.26. The van der Waals surface area contributed by atoms with E-state index in [1.165, 1.54) is 0 Å². The van der Waals surface area contributed by atoms with Gasteiger partial charge in [-0.2, -0.15) is 0 Å². The molecule has 0 aliphatic rings. The van der Waals surface area contributed by atoms with Crippen LogP contribution in [-0.4, -0.2) is 26.7 Å². The molecule has 4 N–H and O–H groups in total. The van der Waals surface area contributed by atoms with E-state index in [1.807, 2.05) is 0 Å². The molecule has 0 bridgehead atoms. The van der Waals surface area contributed by atoms with Crippen LogP contribution in [0.2, 0.25) is 0 Å². The van der Waals surface area contributed by atoms with Crippen LogP contribution in [0.1, 0.15) is 30.4 Å². The van der Waals surface area contributed by atoms with Crippen molar-refractivity contribution >= 4 is 5.91 Å². The minimum Gasteiger partial charge on any atom is -0.514 e. The van der Waals surface area contributed by atoms with Crippen molar-refractivity contribution in [2.75, 3.05) is 0 Å². The largest absolute Gasteiger partial charge is 0.514 e. The highest BCUT2D eigenvalue weighted by molar-refractivity contribution is 5.90. The van der Waals surface area contributed by atoms with Gasteiger partial charge in [-0.1, -0.05) is 0 Å². The fourth-order valence-electron chi connectivity index (χ4n) is 0.959. The Kier molecular flexibility index (Phi) is 3.17. The van der Waals surface area contributed by atoms with Crippen LogP contribution in [-0.2, 0) is 0 Å². The van der Waals surface area contributed by atoms with E-state index in [0.717, 1.165) is 6.26 Å². The summed E-state index contributed by atoms with van der Waals surface area (Å²) in [5, 5.41) is 18.4. The Morgan fingerprint density at radius 1 is 1.56 bits per heavy atom. The topological polar surface area (TPSA) is 114 Å². The van der Waals surface area contributed by atoms with E-state index in [1.54, 1.807) is 20.8 Å². The summed E-state index contributed by atoms with van der Waals surface area (Å²) >= 11 is 0.